The predicted octanol–water partition coefficient (Wildman–Crippen LogP) is 8.72. The zero-order chi connectivity index (χ0) is 35.7. The molecule has 0 saturated heterocycles. The molecule has 0 spiro atoms. The smallest absolute Gasteiger partial charge is 0.249 e. The molecule has 0 N–H and O–H groups in total. The normalized spacial score (nSPS) is 14.4. The number of hydrogen-bond acceptors (Lipinski definition) is 2. The number of benzene rings is 7. The second-order valence-electron chi connectivity index (χ2n) is 16.4. The van der Waals surface area contributed by atoms with Crippen molar-refractivity contribution in [2.75, 3.05) is 0 Å². The fourth-order valence-electron chi connectivity index (χ4n) is 10.5. The van der Waals surface area contributed by atoms with E-state index in [0.29, 0.717) is 11.8 Å². The van der Waals surface area contributed by atoms with Gasteiger partial charge in [0.1, 0.15) is 0 Å². The van der Waals surface area contributed by atoms with Crippen LogP contribution in [0.3, 0.4) is 0 Å². The van der Waals surface area contributed by atoms with Crippen LogP contribution in [0.5, 0.6) is 0 Å². The van der Waals surface area contributed by atoms with E-state index in [1.165, 1.54) is 118 Å². The van der Waals surface area contributed by atoms with Crippen molar-refractivity contribution in [3.63, 3.8) is 0 Å². The molecule has 9 aromatic rings. The van der Waals surface area contributed by atoms with E-state index < -0.39 is 0 Å². The van der Waals surface area contributed by atoms with E-state index in [9.17, 15) is 0 Å². The third-order valence-corrected chi connectivity index (χ3v) is 15.3. The lowest BCUT2D eigenvalue weighted by molar-refractivity contribution is 0.865. The third kappa shape index (κ3) is 3.65. The first kappa shape index (κ1) is 30.3. The van der Waals surface area contributed by atoms with Crippen molar-refractivity contribution >= 4 is 113 Å². The van der Waals surface area contributed by atoms with Crippen LogP contribution in [0.2, 0.25) is 0 Å². The molecule has 0 radical (unpaired) electrons. The van der Waals surface area contributed by atoms with Crippen molar-refractivity contribution < 1.29 is 0 Å². The number of para-hydroxylation sites is 2. The van der Waals surface area contributed by atoms with Gasteiger partial charge in [-0.1, -0.05) is 141 Å². The van der Waals surface area contributed by atoms with E-state index in [1.807, 2.05) is 23.5 Å². The van der Waals surface area contributed by atoms with Crippen LogP contribution in [0, 0.1) is 0 Å². The van der Waals surface area contributed by atoms with Crippen LogP contribution >= 0.6 is 23.5 Å². The molecule has 2 aromatic heterocycles. The van der Waals surface area contributed by atoms with Gasteiger partial charge in [0.05, 0.1) is 22.1 Å². The van der Waals surface area contributed by atoms with E-state index in [-0.39, 0.29) is 13.4 Å². The molecular formula is C48H34B2N2S2. The quantitative estimate of drug-likeness (QED) is 0.165. The van der Waals surface area contributed by atoms with Crippen molar-refractivity contribution in [1.29, 1.82) is 0 Å². The summed E-state index contributed by atoms with van der Waals surface area (Å²) in [4.78, 5) is 5.57. The summed E-state index contributed by atoms with van der Waals surface area (Å²) in [5.74, 6) is 0.905. The van der Waals surface area contributed by atoms with E-state index in [4.69, 9.17) is 0 Å². The summed E-state index contributed by atoms with van der Waals surface area (Å²) in [7, 11) is 0. The molecule has 0 saturated carbocycles. The maximum absolute atomic E-state index is 2.65. The standard InChI is InChI=1S/C48H34B2N2S2/c1-25(2)27-13-17-33-39(21-27)51-37-11-7-5-9-29(37)31-15-19-41-45(47(31)51)49(33)35-23-36-44(24-43(35)53-41)54-42-20-16-32-30-10-6-8-12-38(30)52-40-22-28(26(3)4)14-18-34(40)50(36)46(42)48(32)52/h5-26H,1-4H3. The molecule has 6 heterocycles. The highest BCUT2D eigenvalue weighted by molar-refractivity contribution is 8.01. The topological polar surface area (TPSA) is 9.86 Å². The molecule has 0 bridgehead atoms. The van der Waals surface area contributed by atoms with Gasteiger partial charge in [-0.05, 0) is 87.3 Å². The molecule has 0 atom stereocenters. The number of aromatic nitrogens is 2. The molecule has 0 fully saturated rings. The first-order chi connectivity index (χ1) is 26.4. The maximum atomic E-state index is 2.65. The average molecular weight is 725 g/mol. The highest BCUT2D eigenvalue weighted by Crippen LogP contribution is 2.44. The Kier molecular flexibility index (Phi) is 5.83. The summed E-state index contributed by atoms with van der Waals surface area (Å²) in [6, 6.07) is 47.5. The first-order valence-corrected chi connectivity index (χ1v) is 21.0. The number of rotatable bonds is 2. The number of hydrogen-bond donors (Lipinski definition) is 0. The van der Waals surface area contributed by atoms with Crippen LogP contribution in [-0.2, 0) is 0 Å². The van der Waals surface area contributed by atoms with E-state index >= 15 is 0 Å². The Morgan fingerprint density at radius 2 is 0.889 bits per heavy atom. The van der Waals surface area contributed by atoms with Gasteiger partial charge < -0.3 is 9.13 Å². The van der Waals surface area contributed by atoms with Gasteiger partial charge in [0.15, 0.2) is 0 Å². The Bertz CT molecular complexity index is 2990. The lowest BCUT2D eigenvalue weighted by atomic mass is 9.32. The highest BCUT2D eigenvalue weighted by atomic mass is 32.2. The molecular weight excluding hydrogens is 690 g/mol. The van der Waals surface area contributed by atoms with Gasteiger partial charge in [-0.25, -0.2) is 0 Å². The van der Waals surface area contributed by atoms with Crippen LogP contribution in [0.25, 0.3) is 55.0 Å². The van der Waals surface area contributed by atoms with Crippen LogP contribution in [-0.4, -0.2) is 22.6 Å². The molecule has 0 aliphatic carbocycles. The van der Waals surface area contributed by atoms with Crippen molar-refractivity contribution in [2.45, 2.75) is 59.1 Å². The van der Waals surface area contributed by atoms with Crippen molar-refractivity contribution in [2.24, 2.45) is 0 Å². The predicted molar refractivity (Wildman–Crippen MR) is 234 cm³/mol. The van der Waals surface area contributed by atoms with Gasteiger partial charge in [0, 0.05) is 52.5 Å². The highest BCUT2D eigenvalue weighted by Gasteiger charge is 2.44. The van der Waals surface area contributed by atoms with Crippen LogP contribution in [0.4, 0.5) is 0 Å². The van der Waals surface area contributed by atoms with Crippen molar-refractivity contribution in [3.05, 3.63) is 132 Å². The van der Waals surface area contributed by atoms with Crippen LogP contribution in [0.15, 0.2) is 141 Å². The van der Waals surface area contributed by atoms with Gasteiger partial charge in [-0.2, -0.15) is 0 Å². The summed E-state index contributed by atoms with van der Waals surface area (Å²) in [6.07, 6.45) is 0. The van der Waals surface area contributed by atoms with Crippen LogP contribution < -0.4 is 32.8 Å². The molecule has 54 heavy (non-hydrogen) atoms. The van der Waals surface area contributed by atoms with Gasteiger partial charge in [-0.3, -0.25) is 0 Å². The Labute approximate surface area is 323 Å². The zero-order valence-electron chi connectivity index (χ0n) is 30.6. The van der Waals surface area contributed by atoms with Crippen molar-refractivity contribution in [3.8, 4) is 11.4 Å². The molecule has 13 rings (SSSR count). The lowest BCUT2D eigenvalue weighted by Gasteiger charge is -2.37. The van der Waals surface area contributed by atoms with Gasteiger partial charge in [0.2, 0.25) is 13.4 Å². The fraction of sp³-hybridized carbons (Fsp3) is 0.125. The molecule has 4 aliphatic heterocycles. The Balaban J connectivity index is 1.12. The summed E-state index contributed by atoms with van der Waals surface area (Å²) >= 11 is 3.95. The second-order valence-corrected chi connectivity index (χ2v) is 18.6. The SMILES string of the molecule is CC(C)c1ccc2c(c1)-n1c3ccccc3c3ccc4c(c31)B2c1cc2c(cc1S4)Sc1ccc3c4ccccc4n4c3c1B2c1ccc(C(C)C)cc1-4. The van der Waals surface area contributed by atoms with Crippen LogP contribution in [0.1, 0.15) is 50.7 Å². The summed E-state index contributed by atoms with van der Waals surface area (Å²) in [6.45, 7) is 9.60. The van der Waals surface area contributed by atoms with Gasteiger partial charge in [-0.15, -0.1) is 0 Å². The minimum Gasteiger partial charge on any atom is -0.310 e. The lowest BCUT2D eigenvalue weighted by Crippen LogP contribution is -2.62. The molecule has 4 aliphatic rings. The van der Waals surface area contributed by atoms with E-state index in [2.05, 4.69) is 158 Å². The Morgan fingerprint density at radius 3 is 1.35 bits per heavy atom. The minimum absolute atomic E-state index is 0.165. The summed E-state index contributed by atoms with van der Waals surface area (Å²) < 4.78 is 5.19. The molecule has 0 unspecified atom stereocenters. The van der Waals surface area contributed by atoms with E-state index in [1.54, 1.807) is 0 Å². The maximum Gasteiger partial charge on any atom is 0.249 e. The fourth-order valence-corrected chi connectivity index (χ4v) is 12.9. The van der Waals surface area contributed by atoms with Gasteiger partial charge >= 0.3 is 0 Å². The first-order valence-electron chi connectivity index (χ1n) is 19.4. The van der Waals surface area contributed by atoms with E-state index in [0.717, 1.165) is 0 Å². The molecule has 0 amide bonds. The molecule has 2 nitrogen and oxygen atoms in total. The Morgan fingerprint density at radius 1 is 0.426 bits per heavy atom. The summed E-state index contributed by atoms with van der Waals surface area (Å²) in [5, 5.41) is 5.40. The Hall–Kier alpha value is -5.03. The largest absolute Gasteiger partial charge is 0.310 e. The second kappa shape index (κ2) is 10.4. The number of nitrogens with zero attached hydrogens (tertiary/aromatic N) is 2. The average Bonchev–Trinajstić information content (AvgIpc) is 3.72. The summed E-state index contributed by atoms with van der Waals surface area (Å²) in [5.41, 5.74) is 19.5. The minimum atomic E-state index is 0.165. The molecule has 254 valence electrons. The van der Waals surface area contributed by atoms with Gasteiger partial charge in [0.25, 0.3) is 0 Å². The zero-order valence-corrected chi connectivity index (χ0v) is 32.2. The molecule has 6 heteroatoms. The number of fused-ring (bicyclic) bond motifs is 16. The molecule has 7 aromatic carbocycles. The van der Waals surface area contributed by atoms with Crippen molar-refractivity contribution in [1.82, 2.24) is 9.13 Å². The third-order valence-electron chi connectivity index (χ3n) is 13.0. The monoisotopic (exact) mass is 724 g/mol.